The second kappa shape index (κ2) is 7.91. The van der Waals surface area contributed by atoms with E-state index in [0.717, 1.165) is 22.3 Å². The molecule has 0 spiro atoms. The number of hydrogen-bond acceptors (Lipinski definition) is 5. The number of amidine groups is 1. The fraction of sp³-hybridized carbons (Fsp3) is 0.200. The summed E-state index contributed by atoms with van der Waals surface area (Å²) in [5.74, 6) is 0.00423. The van der Waals surface area contributed by atoms with Crippen LogP contribution >= 0.6 is 24.0 Å². The van der Waals surface area contributed by atoms with Gasteiger partial charge in [-0.05, 0) is 37.3 Å². The van der Waals surface area contributed by atoms with Crippen LogP contribution in [0.3, 0.4) is 0 Å². The number of benzene rings is 2. The van der Waals surface area contributed by atoms with Crippen molar-refractivity contribution in [3.8, 4) is 0 Å². The van der Waals surface area contributed by atoms with Crippen LogP contribution in [0.1, 0.15) is 12.5 Å². The summed E-state index contributed by atoms with van der Waals surface area (Å²) < 4.78 is 20.0. The van der Waals surface area contributed by atoms with E-state index >= 15 is 0 Å². The zero-order valence-corrected chi connectivity index (χ0v) is 16.6. The molecule has 1 aromatic heterocycles. The monoisotopic (exact) mass is 420 g/mol. The Balaban J connectivity index is 0.00000225. The average Bonchev–Trinajstić information content (AvgIpc) is 2.63. The molecule has 1 atom stereocenters. The fourth-order valence-electron chi connectivity index (χ4n) is 3.28. The van der Waals surface area contributed by atoms with Crippen LogP contribution in [0.5, 0.6) is 0 Å². The van der Waals surface area contributed by atoms with Gasteiger partial charge in [0.2, 0.25) is 0 Å². The number of rotatable bonds is 3. The third-order valence-corrected chi connectivity index (χ3v) is 4.73. The zero-order chi connectivity index (χ0) is 19.0. The SMILES string of the molecule is CC1(c2cc(Nc3cccc4cc(Cl)cnc34)ccc2F)COCC(N)=N1.Cl. The molecule has 5 nitrogen and oxygen atoms in total. The lowest BCUT2D eigenvalue weighted by atomic mass is 9.91. The molecule has 0 saturated heterocycles. The molecule has 0 fully saturated rings. The van der Waals surface area contributed by atoms with E-state index in [4.69, 9.17) is 22.1 Å². The van der Waals surface area contributed by atoms with Gasteiger partial charge in [0.25, 0.3) is 0 Å². The Hall–Kier alpha value is -2.41. The molecule has 0 radical (unpaired) electrons. The van der Waals surface area contributed by atoms with Gasteiger partial charge in [-0.25, -0.2) is 4.39 Å². The van der Waals surface area contributed by atoms with Crippen molar-refractivity contribution in [3.63, 3.8) is 0 Å². The summed E-state index contributed by atoms with van der Waals surface area (Å²) in [5, 5.41) is 4.80. The Kier molecular flexibility index (Phi) is 5.74. The van der Waals surface area contributed by atoms with Gasteiger partial charge in [0, 0.05) is 22.8 Å². The van der Waals surface area contributed by atoms with Gasteiger partial charge in [-0.1, -0.05) is 23.7 Å². The van der Waals surface area contributed by atoms with Crippen molar-refractivity contribution < 1.29 is 9.13 Å². The standard InChI is InChI=1S/C20H18ClFN4O.ClH/c1-20(11-27-10-18(23)26-20)15-8-14(5-6-16(15)22)25-17-4-2-3-12-7-13(21)9-24-19(12)17;/h2-9,25H,10-11H2,1H3,(H2,23,26);1H. The number of aromatic nitrogens is 1. The molecule has 0 saturated carbocycles. The number of nitrogens with zero attached hydrogens (tertiary/aromatic N) is 2. The molecule has 2 heterocycles. The minimum atomic E-state index is -0.866. The molecule has 0 bridgehead atoms. The molecule has 2 aromatic carbocycles. The number of aliphatic imine (C=N–C) groups is 1. The Morgan fingerprint density at radius 2 is 2.07 bits per heavy atom. The normalized spacial score (nSPS) is 19.0. The van der Waals surface area contributed by atoms with E-state index in [1.807, 2.05) is 31.2 Å². The van der Waals surface area contributed by atoms with E-state index in [1.165, 1.54) is 6.07 Å². The van der Waals surface area contributed by atoms with E-state index < -0.39 is 5.54 Å². The molecular weight excluding hydrogens is 402 g/mol. The van der Waals surface area contributed by atoms with Crippen molar-refractivity contribution in [2.75, 3.05) is 18.5 Å². The van der Waals surface area contributed by atoms with E-state index in [0.29, 0.717) is 16.4 Å². The quantitative estimate of drug-likeness (QED) is 0.638. The summed E-state index contributed by atoms with van der Waals surface area (Å²) in [5.41, 5.74) is 7.66. The van der Waals surface area contributed by atoms with Gasteiger partial charge in [-0.15, -0.1) is 12.4 Å². The molecule has 1 aliphatic heterocycles. The lowest BCUT2D eigenvalue weighted by Gasteiger charge is -2.30. The highest BCUT2D eigenvalue weighted by atomic mass is 35.5. The molecule has 1 aliphatic rings. The summed E-state index contributed by atoms with van der Waals surface area (Å²) in [6.07, 6.45) is 1.60. The molecule has 1 unspecified atom stereocenters. The van der Waals surface area contributed by atoms with Crippen LogP contribution in [0.25, 0.3) is 10.9 Å². The first kappa shape index (κ1) is 20.3. The van der Waals surface area contributed by atoms with Crippen LogP contribution in [-0.2, 0) is 10.3 Å². The highest BCUT2D eigenvalue weighted by Gasteiger charge is 2.32. The Bertz CT molecular complexity index is 1060. The lowest BCUT2D eigenvalue weighted by molar-refractivity contribution is 0.104. The van der Waals surface area contributed by atoms with Gasteiger partial charge >= 0.3 is 0 Å². The maximum absolute atomic E-state index is 14.5. The molecule has 0 amide bonds. The maximum Gasteiger partial charge on any atom is 0.129 e. The minimum Gasteiger partial charge on any atom is -0.386 e. The largest absolute Gasteiger partial charge is 0.386 e. The number of pyridine rings is 1. The van der Waals surface area contributed by atoms with Crippen LogP contribution < -0.4 is 11.1 Å². The van der Waals surface area contributed by atoms with E-state index in [1.54, 1.807) is 18.3 Å². The summed E-state index contributed by atoms with van der Waals surface area (Å²) >= 11 is 6.02. The highest BCUT2D eigenvalue weighted by molar-refractivity contribution is 6.31. The predicted molar refractivity (Wildman–Crippen MR) is 113 cm³/mol. The van der Waals surface area contributed by atoms with Gasteiger partial charge in [-0.2, -0.15) is 0 Å². The minimum absolute atomic E-state index is 0. The average molecular weight is 421 g/mol. The molecular formula is C20H19Cl2FN4O. The molecule has 4 rings (SSSR count). The fourth-order valence-corrected chi connectivity index (χ4v) is 3.45. The van der Waals surface area contributed by atoms with Crippen molar-refractivity contribution in [1.29, 1.82) is 0 Å². The molecule has 3 aromatic rings. The summed E-state index contributed by atoms with van der Waals surface area (Å²) in [6, 6.07) is 12.4. The Morgan fingerprint density at radius 3 is 2.86 bits per heavy atom. The molecule has 146 valence electrons. The predicted octanol–water partition coefficient (Wildman–Crippen LogP) is 4.80. The van der Waals surface area contributed by atoms with Gasteiger partial charge in [0.05, 0.1) is 22.8 Å². The number of ether oxygens (including phenoxy) is 1. The number of nitrogens with one attached hydrogen (secondary N) is 1. The first-order valence-electron chi connectivity index (χ1n) is 8.48. The lowest BCUT2D eigenvalue weighted by Crippen LogP contribution is -2.38. The number of nitrogens with two attached hydrogens (primary N) is 1. The topological polar surface area (TPSA) is 72.5 Å². The van der Waals surface area contributed by atoms with Crippen molar-refractivity contribution in [3.05, 3.63) is 65.1 Å². The van der Waals surface area contributed by atoms with Crippen LogP contribution in [0.4, 0.5) is 15.8 Å². The summed E-state index contributed by atoms with van der Waals surface area (Å²) in [6.45, 7) is 2.34. The van der Waals surface area contributed by atoms with Gasteiger partial charge in [0.1, 0.15) is 23.8 Å². The second-order valence-electron chi connectivity index (χ2n) is 6.72. The van der Waals surface area contributed by atoms with Crippen molar-refractivity contribution in [2.45, 2.75) is 12.5 Å². The number of para-hydroxylation sites is 1. The van der Waals surface area contributed by atoms with Crippen molar-refractivity contribution in [2.24, 2.45) is 10.7 Å². The maximum atomic E-state index is 14.5. The third kappa shape index (κ3) is 3.90. The van der Waals surface area contributed by atoms with Gasteiger partial charge < -0.3 is 15.8 Å². The zero-order valence-electron chi connectivity index (χ0n) is 15.1. The van der Waals surface area contributed by atoms with Crippen molar-refractivity contribution >= 4 is 52.1 Å². The number of anilines is 2. The molecule has 3 N–H and O–H groups in total. The molecule has 0 aliphatic carbocycles. The molecule has 8 heteroatoms. The van der Waals surface area contributed by atoms with E-state index in [2.05, 4.69) is 15.3 Å². The number of halogens is 3. The van der Waals surface area contributed by atoms with Crippen LogP contribution in [0, 0.1) is 5.82 Å². The number of hydrogen-bond donors (Lipinski definition) is 2. The van der Waals surface area contributed by atoms with Crippen LogP contribution in [0.15, 0.2) is 53.7 Å². The number of fused-ring (bicyclic) bond motifs is 1. The van der Waals surface area contributed by atoms with Gasteiger partial charge in [0.15, 0.2) is 0 Å². The van der Waals surface area contributed by atoms with Crippen molar-refractivity contribution in [1.82, 2.24) is 4.98 Å². The highest BCUT2D eigenvalue weighted by Crippen LogP contribution is 2.34. The Morgan fingerprint density at radius 1 is 1.25 bits per heavy atom. The second-order valence-corrected chi connectivity index (χ2v) is 7.16. The first-order chi connectivity index (χ1) is 12.9. The van der Waals surface area contributed by atoms with Gasteiger partial charge in [-0.3, -0.25) is 9.98 Å². The smallest absolute Gasteiger partial charge is 0.129 e. The first-order valence-corrected chi connectivity index (χ1v) is 8.86. The van der Waals surface area contributed by atoms with E-state index in [-0.39, 0.29) is 31.4 Å². The van der Waals surface area contributed by atoms with Crippen LogP contribution in [0.2, 0.25) is 5.02 Å². The summed E-state index contributed by atoms with van der Waals surface area (Å²) in [4.78, 5) is 8.83. The summed E-state index contributed by atoms with van der Waals surface area (Å²) in [7, 11) is 0. The van der Waals surface area contributed by atoms with Crippen LogP contribution in [-0.4, -0.2) is 24.0 Å². The van der Waals surface area contributed by atoms with E-state index in [9.17, 15) is 4.39 Å². The third-order valence-electron chi connectivity index (χ3n) is 4.53. The Labute approximate surface area is 173 Å². The molecule has 28 heavy (non-hydrogen) atoms.